The second kappa shape index (κ2) is 5.93. The van der Waals surface area contributed by atoms with Crippen molar-refractivity contribution in [3.63, 3.8) is 0 Å². The monoisotopic (exact) mass is 320 g/mol. The molecular weight excluding hydrogens is 304 g/mol. The molecule has 0 aliphatic carbocycles. The van der Waals surface area contributed by atoms with Crippen molar-refractivity contribution in [1.29, 1.82) is 0 Å². The summed E-state index contributed by atoms with van der Waals surface area (Å²) in [6, 6.07) is 1.51. The van der Waals surface area contributed by atoms with Crippen molar-refractivity contribution in [1.82, 2.24) is 24.2 Å². The van der Waals surface area contributed by atoms with Crippen LogP contribution >= 0.6 is 0 Å². The molecule has 3 heterocycles. The van der Waals surface area contributed by atoms with Crippen molar-refractivity contribution < 1.29 is 8.42 Å². The van der Waals surface area contributed by atoms with Gasteiger partial charge in [-0.05, 0) is 18.9 Å². The highest BCUT2D eigenvalue weighted by molar-refractivity contribution is 7.88. The molecule has 9 heteroatoms. The average Bonchev–Trinajstić information content (AvgIpc) is 2.98. The third kappa shape index (κ3) is 3.20. The SMILES string of the molecule is CS(=O)(=O)N1CCCC1c1ccnc(Nc2cnccn2)n1. The Labute approximate surface area is 128 Å². The van der Waals surface area contributed by atoms with Crippen LogP contribution in [0.4, 0.5) is 11.8 Å². The minimum Gasteiger partial charge on any atom is -0.307 e. The zero-order chi connectivity index (χ0) is 15.6. The zero-order valence-electron chi connectivity index (χ0n) is 12.0. The van der Waals surface area contributed by atoms with Crippen LogP contribution in [0.15, 0.2) is 30.9 Å². The van der Waals surface area contributed by atoms with Gasteiger partial charge in [0.1, 0.15) is 0 Å². The van der Waals surface area contributed by atoms with Gasteiger partial charge in [0.15, 0.2) is 5.82 Å². The van der Waals surface area contributed by atoms with Crippen LogP contribution < -0.4 is 5.32 Å². The van der Waals surface area contributed by atoms with Crippen LogP contribution in [0.25, 0.3) is 0 Å². The maximum Gasteiger partial charge on any atom is 0.228 e. The standard InChI is InChI=1S/C13H16N6O2S/c1-22(20,21)19-8-2-3-11(19)10-4-5-16-13(17-10)18-12-9-14-6-7-15-12/h4-7,9,11H,2-3,8H2,1H3,(H,15,16,17,18). The van der Waals surface area contributed by atoms with E-state index in [-0.39, 0.29) is 6.04 Å². The number of nitrogens with one attached hydrogen (secondary N) is 1. The molecule has 1 atom stereocenters. The number of hydrogen-bond acceptors (Lipinski definition) is 7. The van der Waals surface area contributed by atoms with Crippen molar-refractivity contribution in [2.45, 2.75) is 18.9 Å². The molecule has 2 aromatic heterocycles. The predicted molar refractivity (Wildman–Crippen MR) is 80.9 cm³/mol. The molecule has 0 aromatic carbocycles. The summed E-state index contributed by atoms with van der Waals surface area (Å²) in [5.41, 5.74) is 0.685. The third-order valence-corrected chi connectivity index (χ3v) is 4.74. The van der Waals surface area contributed by atoms with E-state index in [9.17, 15) is 8.42 Å². The Morgan fingerprint density at radius 1 is 1.27 bits per heavy atom. The maximum absolute atomic E-state index is 11.8. The van der Waals surface area contributed by atoms with E-state index >= 15 is 0 Å². The van der Waals surface area contributed by atoms with Gasteiger partial charge in [0.2, 0.25) is 16.0 Å². The first kappa shape index (κ1) is 14.8. The fourth-order valence-corrected chi connectivity index (χ4v) is 3.67. The Balaban J connectivity index is 1.85. The topological polar surface area (TPSA) is 101 Å². The van der Waals surface area contributed by atoms with Crippen molar-refractivity contribution in [3.05, 3.63) is 36.5 Å². The Morgan fingerprint density at radius 3 is 2.86 bits per heavy atom. The van der Waals surface area contributed by atoms with Crippen LogP contribution in [-0.4, -0.2) is 45.5 Å². The Hall–Kier alpha value is -2.13. The van der Waals surface area contributed by atoms with E-state index in [4.69, 9.17) is 0 Å². The molecule has 3 rings (SSSR count). The first-order valence-corrected chi connectivity index (χ1v) is 8.72. The van der Waals surface area contributed by atoms with Gasteiger partial charge in [-0.3, -0.25) is 4.98 Å². The van der Waals surface area contributed by atoms with Crippen molar-refractivity contribution >= 4 is 21.8 Å². The largest absolute Gasteiger partial charge is 0.307 e. The number of hydrogen-bond donors (Lipinski definition) is 1. The quantitative estimate of drug-likeness (QED) is 0.900. The van der Waals surface area contributed by atoms with Gasteiger partial charge in [-0.1, -0.05) is 0 Å². The molecule has 0 amide bonds. The Kier molecular flexibility index (Phi) is 3.99. The fraction of sp³-hybridized carbons (Fsp3) is 0.385. The Bertz CT molecular complexity index is 752. The maximum atomic E-state index is 11.8. The summed E-state index contributed by atoms with van der Waals surface area (Å²) in [4.78, 5) is 16.6. The van der Waals surface area contributed by atoms with Crippen LogP contribution in [-0.2, 0) is 10.0 Å². The molecule has 0 spiro atoms. The molecule has 2 aromatic rings. The summed E-state index contributed by atoms with van der Waals surface area (Å²) in [5.74, 6) is 0.907. The summed E-state index contributed by atoms with van der Waals surface area (Å²) in [5, 5.41) is 2.96. The van der Waals surface area contributed by atoms with Crippen LogP contribution in [0.3, 0.4) is 0 Å². The average molecular weight is 320 g/mol. The molecule has 0 bridgehead atoms. The number of sulfonamides is 1. The van der Waals surface area contributed by atoms with Gasteiger partial charge < -0.3 is 5.32 Å². The van der Waals surface area contributed by atoms with Crippen LogP contribution in [0.5, 0.6) is 0 Å². The van der Waals surface area contributed by atoms with Crippen LogP contribution in [0.2, 0.25) is 0 Å². The Morgan fingerprint density at radius 2 is 2.14 bits per heavy atom. The van der Waals surface area contributed by atoms with E-state index in [1.54, 1.807) is 30.9 Å². The van der Waals surface area contributed by atoms with E-state index in [2.05, 4.69) is 25.3 Å². The first-order chi connectivity index (χ1) is 10.5. The second-order valence-electron chi connectivity index (χ2n) is 5.05. The molecule has 0 radical (unpaired) electrons. The molecule has 1 fully saturated rings. The molecule has 8 nitrogen and oxygen atoms in total. The summed E-state index contributed by atoms with van der Waals surface area (Å²) in [7, 11) is -3.24. The number of aromatic nitrogens is 4. The van der Waals surface area contributed by atoms with E-state index in [0.29, 0.717) is 24.0 Å². The van der Waals surface area contributed by atoms with Gasteiger partial charge >= 0.3 is 0 Å². The lowest BCUT2D eigenvalue weighted by molar-refractivity contribution is 0.394. The first-order valence-electron chi connectivity index (χ1n) is 6.87. The minimum absolute atomic E-state index is 0.236. The second-order valence-corrected chi connectivity index (χ2v) is 6.99. The van der Waals surface area contributed by atoms with Crippen molar-refractivity contribution in [3.8, 4) is 0 Å². The normalized spacial score (nSPS) is 19.2. The van der Waals surface area contributed by atoms with Crippen LogP contribution in [0.1, 0.15) is 24.6 Å². The number of nitrogens with zero attached hydrogens (tertiary/aromatic N) is 5. The fourth-order valence-electron chi connectivity index (χ4n) is 2.53. The van der Waals surface area contributed by atoms with E-state index in [1.807, 2.05) is 0 Å². The van der Waals surface area contributed by atoms with E-state index in [1.165, 1.54) is 10.6 Å². The summed E-state index contributed by atoms with van der Waals surface area (Å²) in [6.45, 7) is 0.528. The summed E-state index contributed by atoms with van der Waals surface area (Å²) >= 11 is 0. The highest BCUT2D eigenvalue weighted by atomic mass is 32.2. The molecule has 116 valence electrons. The van der Waals surface area contributed by atoms with E-state index < -0.39 is 10.0 Å². The van der Waals surface area contributed by atoms with E-state index in [0.717, 1.165) is 12.8 Å². The van der Waals surface area contributed by atoms with Gasteiger partial charge in [0.25, 0.3) is 0 Å². The lowest BCUT2D eigenvalue weighted by Gasteiger charge is -2.21. The molecule has 1 unspecified atom stereocenters. The molecule has 1 aliphatic rings. The molecule has 22 heavy (non-hydrogen) atoms. The van der Waals surface area contributed by atoms with Gasteiger partial charge in [-0.15, -0.1) is 0 Å². The number of anilines is 2. The lowest BCUT2D eigenvalue weighted by atomic mass is 10.1. The van der Waals surface area contributed by atoms with Crippen LogP contribution in [0, 0.1) is 0 Å². The van der Waals surface area contributed by atoms with Gasteiger partial charge in [0, 0.05) is 25.1 Å². The van der Waals surface area contributed by atoms with Gasteiger partial charge in [-0.2, -0.15) is 4.31 Å². The minimum atomic E-state index is -3.24. The highest BCUT2D eigenvalue weighted by Gasteiger charge is 2.33. The predicted octanol–water partition coefficient (Wildman–Crippen LogP) is 1.11. The van der Waals surface area contributed by atoms with Gasteiger partial charge in [-0.25, -0.2) is 23.4 Å². The molecule has 1 aliphatic heterocycles. The molecular formula is C13H16N6O2S. The lowest BCUT2D eigenvalue weighted by Crippen LogP contribution is -2.30. The highest BCUT2D eigenvalue weighted by Crippen LogP contribution is 2.32. The number of rotatable bonds is 4. The van der Waals surface area contributed by atoms with Crippen molar-refractivity contribution in [2.75, 3.05) is 18.1 Å². The smallest absolute Gasteiger partial charge is 0.228 e. The zero-order valence-corrected chi connectivity index (χ0v) is 12.9. The summed E-state index contributed by atoms with van der Waals surface area (Å²) < 4.78 is 25.2. The van der Waals surface area contributed by atoms with Gasteiger partial charge in [0.05, 0.1) is 24.2 Å². The molecule has 1 N–H and O–H groups in total. The molecule has 1 saturated heterocycles. The third-order valence-electron chi connectivity index (χ3n) is 3.45. The van der Waals surface area contributed by atoms with Crippen molar-refractivity contribution in [2.24, 2.45) is 0 Å². The molecule has 0 saturated carbocycles. The summed E-state index contributed by atoms with van der Waals surface area (Å²) in [6.07, 6.45) is 9.13.